The van der Waals surface area contributed by atoms with Crippen molar-refractivity contribution < 1.29 is 23.7 Å². The number of hydrogen-bond acceptors (Lipinski definition) is 8. The van der Waals surface area contributed by atoms with E-state index in [0.717, 1.165) is 36.1 Å². The number of fused-ring (bicyclic) bond motifs is 1. The number of ether oxygens (including phenoxy) is 1. The molecule has 1 aliphatic carbocycles. The van der Waals surface area contributed by atoms with Crippen LogP contribution in [0.2, 0.25) is 5.02 Å². The molecule has 1 amide bonds. The minimum absolute atomic E-state index is 0.00392. The summed E-state index contributed by atoms with van der Waals surface area (Å²) in [6.07, 6.45) is 4.43. The second-order valence-electron chi connectivity index (χ2n) is 8.62. The molecular formula is C26H22ClN3O6S. The van der Waals surface area contributed by atoms with Gasteiger partial charge in [0.2, 0.25) is 0 Å². The molecule has 0 radical (unpaired) electrons. The molecule has 2 aromatic heterocycles. The first-order chi connectivity index (χ1) is 17.7. The van der Waals surface area contributed by atoms with Gasteiger partial charge in [-0.15, -0.1) is 11.3 Å². The van der Waals surface area contributed by atoms with Crippen LogP contribution in [-0.4, -0.2) is 22.9 Å². The quantitative estimate of drug-likeness (QED) is 0.118. The molecule has 37 heavy (non-hydrogen) atoms. The lowest BCUT2D eigenvalue weighted by Gasteiger charge is -2.14. The van der Waals surface area contributed by atoms with E-state index in [1.807, 2.05) is 6.07 Å². The number of anilines is 1. The van der Waals surface area contributed by atoms with Gasteiger partial charge in [0.05, 0.1) is 16.6 Å². The van der Waals surface area contributed by atoms with Crippen LogP contribution < -0.4 is 5.32 Å². The Balaban J connectivity index is 1.60. The van der Waals surface area contributed by atoms with Gasteiger partial charge in [-0.1, -0.05) is 11.6 Å². The summed E-state index contributed by atoms with van der Waals surface area (Å²) in [7, 11) is 0. The van der Waals surface area contributed by atoms with Crippen molar-refractivity contribution in [3.05, 3.63) is 72.8 Å². The number of nitriles is 1. The summed E-state index contributed by atoms with van der Waals surface area (Å²) in [5.74, 6) is -0.697. The van der Waals surface area contributed by atoms with Gasteiger partial charge >= 0.3 is 5.97 Å². The van der Waals surface area contributed by atoms with E-state index < -0.39 is 16.8 Å². The Bertz CT molecular complexity index is 1460. The van der Waals surface area contributed by atoms with Crippen LogP contribution in [0.15, 0.2) is 40.3 Å². The number of amides is 1. The van der Waals surface area contributed by atoms with Crippen LogP contribution in [0.3, 0.4) is 0 Å². The average Bonchev–Trinajstić information content (AvgIpc) is 3.46. The summed E-state index contributed by atoms with van der Waals surface area (Å²) in [6, 6.07) is 9.21. The van der Waals surface area contributed by atoms with Crippen LogP contribution in [0.1, 0.15) is 53.2 Å². The number of thiophene rings is 1. The Kier molecular flexibility index (Phi) is 7.76. The van der Waals surface area contributed by atoms with E-state index in [9.17, 15) is 25.0 Å². The molecule has 0 atom stereocenters. The van der Waals surface area contributed by atoms with Gasteiger partial charge in [-0.2, -0.15) is 5.26 Å². The monoisotopic (exact) mass is 539 g/mol. The highest BCUT2D eigenvalue weighted by Crippen LogP contribution is 2.39. The largest absolute Gasteiger partial charge is 0.459 e. The van der Waals surface area contributed by atoms with E-state index in [1.54, 1.807) is 26.0 Å². The fourth-order valence-electron chi connectivity index (χ4n) is 4.00. The zero-order valence-corrected chi connectivity index (χ0v) is 21.6. The lowest BCUT2D eigenvalue weighted by atomic mass is 9.95. The van der Waals surface area contributed by atoms with Crippen molar-refractivity contribution in [2.45, 2.75) is 45.6 Å². The lowest BCUT2D eigenvalue weighted by molar-refractivity contribution is -0.384. The van der Waals surface area contributed by atoms with Crippen molar-refractivity contribution in [2.24, 2.45) is 0 Å². The standard InChI is InChI=1S/C26H22ClN3O6S/c1-14(2)35-26(32)23-18-5-3-4-6-22(18)37-25(23)29-24(31)16(13-28)11-17-8-10-21(36-17)15-7-9-19(27)20(12-15)30(33)34/h7-12,14H,3-6H2,1-2H3,(H,29,31)/b16-11+. The number of aryl methyl sites for hydroxylation is 1. The number of nitro benzene ring substituents is 1. The highest BCUT2D eigenvalue weighted by molar-refractivity contribution is 7.17. The minimum atomic E-state index is -0.695. The molecule has 190 valence electrons. The Morgan fingerprint density at radius 2 is 2.03 bits per heavy atom. The van der Waals surface area contributed by atoms with Crippen LogP contribution in [0.4, 0.5) is 10.7 Å². The second-order valence-corrected chi connectivity index (χ2v) is 10.1. The van der Waals surface area contributed by atoms with Crippen molar-refractivity contribution in [3.63, 3.8) is 0 Å². The fourth-order valence-corrected chi connectivity index (χ4v) is 5.45. The van der Waals surface area contributed by atoms with Crippen LogP contribution in [0.25, 0.3) is 17.4 Å². The van der Waals surface area contributed by atoms with E-state index in [0.29, 0.717) is 21.9 Å². The number of halogens is 1. The van der Waals surface area contributed by atoms with Crippen molar-refractivity contribution in [3.8, 4) is 17.4 Å². The Morgan fingerprint density at radius 1 is 1.27 bits per heavy atom. The van der Waals surface area contributed by atoms with Crippen molar-refractivity contribution >= 4 is 51.6 Å². The predicted octanol–water partition coefficient (Wildman–Crippen LogP) is 6.56. The van der Waals surface area contributed by atoms with Gasteiger partial charge in [-0.3, -0.25) is 14.9 Å². The smallest absolute Gasteiger partial charge is 0.341 e. The number of rotatable bonds is 7. The SMILES string of the molecule is CC(C)OC(=O)c1c(NC(=O)/C(C#N)=C/c2ccc(-c3ccc(Cl)c([N+](=O)[O-])c3)o2)sc2c1CCCC2. The number of esters is 1. The first-order valence-corrected chi connectivity index (χ1v) is 12.7. The molecule has 9 nitrogen and oxygen atoms in total. The van der Waals surface area contributed by atoms with E-state index in [2.05, 4.69) is 5.32 Å². The predicted molar refractivity (Wildman–Crippen MR) is 140 cm³/mol. The van der Waals surface area contributed by atoms with Gasteiger partial charge in [0, 0.05) is 22.6 Å². The topological polar surface area (TPSA) is 135 Å². The van der Waals surface area contributed by atoms with Crippen LogP contribution in [-0.2, 0) is 22.4 Å². The number of nitrogens with zero attached hydrogens (tertiary/aromatic N) is 2. The molecular weight excluding hydrogens is 518 g/mol. The number of carbonyl (C=O) groups is 2. The zero-order chi connectivity index (χ0) is 26.7. The van der Waals surface area contributed by atoms with E-state index in [-0.39, 0.29) is 28.1 Å². The van der Waals surface area contributed by atoms with Gasteiger partial charge in [0.15, 0.2) is 0 Å². The summed E-state index contributed by atoms with van der Waals surface area (Å²) >= 11 is 7.20. The summed E-state index contributed by atoms with van der Waals surface area (Å²) in [4.78, 5) is 37.5. The normalized spacial score (nSPS) is 13.1. The first kappa shape index (κ1) is 26.1. The van der Waals surface area contributed by atoms with Gasteiger partial charge < -0.3 is 14.5 Å². The molecule has 1 aliphatic rings. The number of hydrogen-bond donors (Lipinski definition) is 1. The number of nitro groups is 1. The molecule has 2 heterocycles. The fraction of sp³-hybridized carbons (Fsp3) is 0.269. The number of benzene rings is 1. The van der Waals surface area contributed by atoms with E-state index in [1.165, 1.54) is 35.6 Å². The number of furan rings is 1. The van der Waals surface area contributed by atoms with Crippen LogP contribution in [0.5, 0.6) is 0 Å². The highest BCUT2D eigenvalue weighted by Gasteiger charge is 2.28. The molecule has 0 aliphatic heterocycles. The average molecular weight is 540 g/mol. The third-order valence-corrected chi connectivity index (χ3v) is 7.18. The van der Waals surface area contributed by atoms with Crippen molar-refractivity contribution in [1.29, 1.82) is 5.26 Å². The molecule has 3 aromatic rings. The van der Waals surface area contributed by atoms with Gasteiger partial charge in [-0.05, 0) is 69.4 Å². The van der Waals surface area contributed by atoms with Gasteiger partial charge in [-0.25, -0.2) is 4.79 Å². The Morgan fingerprint density at radius 3 is 2.73 bits per heavy atom. The lowest BCUT2D eigenvalue weighted by Crippen LogP contribution is -2.18. The van der Waals surface area contributed by atoms with E-state index in [4.69, 9.17) is 20.8 Å². The summed E-state index contributed by atoms with van der Waals surface area (Å²) < 4.78 is 11.1. The van der Waals surface area contributed by atoms with E-state index >= 15 is 0 Å². The van der Waals surface area contributed by atoms with Crippen molar-refractivity contribution in [2.75, 3.05) is 5.32 Å². The molecule has 0 saturated carbocycles. The van der Waals surface area contributed by atoms with Crippen molar-refractivity contribution in [1.82, 2.24) is 0 Å². The summed E-state index contributed by atoms with van der Waals surface area (Å²) in [5.41, 5.74) is 1.15. The van der Waals surface area contributed by atoms with Gasteiger partial charge in [0.25, 0.3) is 11.6 Å². The maximum absolute atomic E-state index is 13.0. The second kappa shape index (κ2) is 11.0. The molecule has 0 spiro atoms. The third-order valence-electron chi connectivity index (χ3n) is 5.65. The molecule has 4 rings (SSSR count). The summed E-state index contributed by atoms with van der Waals surface area (Å²) in [5, 5.41) is 23.9. The Hall–Kier alpha value is -3.94. The molecule has 0 unspecified atom stereocenters. The molecule has 0 saturated heterocycles. The maximum atomic E-state index is 13.0. The van der Waals surface area contributed by atoms with Gasteiger partial charge in [0.1, 0.15) is 33.2 Å². The Labute approximate surface area is 221 Å². The number of nitrogens with one attached hydrogen (secondary N) is 1. The van der Waals surface area contributed by atoms with Crippen LogP contribution >= 0.6 is 22.9 Å². The molecule has 0 bridgehead atoms. The molecule has 11 heteroatoms. The minimum Gasteiger partial charge on any atom is -0.459 e. The molecule has 0 fully saturated rings. The zero-order valence-electron chi connectivity index (χ0n) is 20.0. The third kappa shape index (κ3) is 5.74. The summed E-state index contributed by atoms with van der Waals surface area (Å²) in [6.45, 7) is 3.51. The molecule has 1 aromatic carbocycles. The maximum Gasteiger partial charge on any atom is 0.341 e. The highest BCUT2D eigenvalue weighted by atomic mass is 35.5. The molecule has 1 N–H and O–H groups in total. The van der Waals surface area contributed by atoms with Crippen LogP contribution in [0, 0.1) is 21.4 Å². The first-order valence-electron chi connectivity index (χ1n) is 11.5. The number of carbonyl (C=O) groups excluding carboxylic acids is 2.